The Kier molecular flexibility index (Phi) is 6.14. The average Bonchev–Trinajstić information content (AvgIpc) is 2.46. The monoisotopic (exact) mass is 283 g/mol. The van der Waals surface area contributed by atoms with Crippen molar-refractivity contribution in [2.75, 3.05) is 30.8 Å². The normalized spacial score (nSPS) is 11.8. The molecule has 0 aliphatic heterocycles. The molecular weight excluding hydrogens is 261 g/mol. The van der Waals surface area contributed by atoms with E-state index >= 15 is 0 Å². The molecule has 1 atom stereocenters. The van der Waals surface area contributed by atoms with Crippen molar-refractivity contribution in [1.82, 2.24) is 14.9 Å². The number of carbonyl (C=O) groups is 1. The zero-order valence-electron chi connectivity index (χ0n) is 12.4. The number of rotatable bonds is 7. The van der Waals surface area contributed by atoms with E-state index in [9.17, 15) is 9.18 Å². The van der Waals surface area contributed by atoms with E-state index in [0.29, 0.717) is 19.0 Å². The SMILES string of the molecule is CCCNc1ncc(F)c(NC(C)C(=O)N(C)CC)n1. The fraction of sp³-hybridized carbons (Fsp3) is 0.615. The molecule has 1 heterocycles. The minimum atomic E-state index is -0.578. The molecule has 7 heteroatoms. The van der Waals surface area contributed by atoms with Crippen molar-refractivity contribution in [2.24, 2.45) is 0 Å². The number of amides is 1. The molecule has 6 nitrogen and oxygen atoms in total. The summed E-state index contributed by atoms with van der Waals surface area (Å²) in [7, 11) is 1.70. The molecule has 1 rings (SSSR count). The van der Waals surface area contributed by atoms with Crippen molar-refractivity contribution in [3.63, 3.8) is 0 Å². The Morgan fingerprint density at radius 3 is 2.80 bits per heavy atom. The Morgan fingerprint density at radius 1 is 1.50 bits per heavy atom. The van der Waals surface area contributed by atoms with Gasteiger partial charge in [0, 0.05) is 20.1 Å². The smallest absolute Gasteiger partial charge is 0.244 e. The highest BCUT2D eigenvalue weighted by atomic mass is 19.1. The van der Waals surface area contributed by atoms with Gasteiger partial charge in [-0.1, -0.05) is 6.92 Å². The van der Waals surface area contributed by atoms with Gasteiger partial charge in [0.25, 0.3) is 0 Å². The lowest BCUT2D eigenvalue weighted by Gasteiger charge is -2.21. The lowest BCUT2D eigenvalue weighted by atomic mass is 10.3. The molecule has 1 aromatic rings. The molecule has 0 radical (unpaired) electrons. The van der Waals surface area contributed by atoms with E-state index in [1.54, 1.807) is 18.9 Å². The van der Waals surface area contributed by atoms with Gasteiger partial charge in [0.15, 0.2) is 11.6 Å². The van der Waals surface area contributed by atoms with Crippen LogP contribution in [0.1, 0.15) is 27.2 Å². The zero-order chi connectivity index (χ0) is 15.1. The van der Waals surface area contributed by atoms with Gasteiger partial charge in [-0.2, -0.15) is 4.98 Å². The second-order valence-corrected chi connectivity index (χ2v) is 4.54. The lowest BCUT2D eigenvalue weighted by molar-refractivity contribution is -0.130. The summed E-state index contributed by atoms with van der Waals surface area (Å²) >= 11 is 0. The summed E-state index contributed by atoms with van der Waals surface area (Å²) in [5.74, 6) is -0.317. The van der Waals surface area contributed by atoms with Crippen molar-refractivity contribution < 1.29 is 9.18 Å². The summed E-state index contributed by atoms with van der Waals surface area (Å²) in [5.41, 5.74) is 0. The maximum absolute atomic E-state index is 13.7. The Labute approximate surface area is 118 Å². The second kappa shape index (κ2) is 7.62. The molecule has 0 aromatic carbocycles. The number of hydrogen-bond donors (Lipinski definition) is 2. The molecule has 0 fully saturated rings. The van der Waals surface area contributed by atoms with Crippen LogP contribution in [-0.2, 0) is 4.79 Å². The number of carbonyl (C=O) groups excluding carboxylic acids is 1. The van der Waals surface area contributed by atoms with Gasteiger partial charge in [0.2, 0.25) is 11.9 Å². The number of nitrogens with zero attached hydrogens (tertiary/aromatic N) is 3. The van der Waals surface area contributed by atoms with Gasteiger partial charge in [-0.3, -0.25) is 4.79 Å². The van der Waals surface area contributed by atoms with Gasteiger partial charge in [0.1, 0.15) is 6.04 Å². The molecular formula is C13H22FN5O. The molecule has 1 amide bonds. The van der Waals surface area contributed by atoms with Gasteiger partial charge < -0.3 is 15.5 Å². The van der Waals surface area contributed by atoms with E-state index < -0.39 is 11.9 Å². The van der Waals surface area contributed by atoms with Crippen LogP contribution in [-0.4, -0.2) is 47.0 Å². The van der Waals surface area contributed by atoms with Crippen molar-refractivity contribution in [1.29, 1.82) is 0 Å². The van der Waals surface area contributed by atoms with Crippen LogP contribution in [0.25, 0.3) is 0 Å². The first-order chi connectivity index (χ1) is 9.49. The molecule has 20 heavy (non-hydrogen) atoms. The quantitative estimate of drug-likeness (QED) is 0.797. The van der Waals surface area contributed by atoms with Gasteiger partial charge in [-0.15, -0.1) is 0 Å². The summed E-state index contributed by atoms with van der Waals surface area (Å²) in [4.78, 5) is 21.4. The van der Waals surface area contributed by atoms with Crippen LogP contribution in [0, 0.1) is 5.82 Å². The number of aromatic nitrogens is 2. The summed E-state index contributed by atoms with van der Waals surface area (Å²) in [6.07, 6.45) is 2.01. The predicted molar refractivity (Wildman–Crippen MR) is 77.2 cm³/mol. The summed E-state index contributed by atoms with van der Waals surface area (Å²) in [6, 6.07) is -0.552. The van der Waals surface area contributed by atoms with E-state index in [4.69, 9.17) is 0 Å². The average molecular weight is 283 g/mol. The zero-order valence-corrected chi connectivity index (χ0v) is 12.4. The largest absolute Gasteiger partial charge is 0.356 e. The van der Waals surface area contributed by atoms with Crippen LogP contribution < -0.4 is 10.6 Å². The van der Waals surface area contributed by atoms with Gasteiger partial charge in [-0.05, 0) is 20.3 Å². The number of hydrogen-bond acceptors (Lipinski definition) is 5. The third-order valence-electron chi connectivity index (χ3n) is 2.85. The maximum Gasteiger partial charge on any atom is 0.244 e. The highest BCUT2D eigenvalue weighted by molar-refractivity contribution is 5.83. The van der Waals surface area contributed by atoms with Gasteiger partial charge in [0.05, 0.1) is 6.20 Å². The first kappa shape index (κ1) is 16.1. The van der Waals surface area contributed by atoms with E-state index in [1.807, 2.05) is 13.8 Å². The standard InChI is InChI=1S/C13H22FN5O/c1-5-7-15-13-16-8-10(14)11(18-13)17-9(3)12(20)19(4)6-2/h8-9H,5-7H2,1-4H3,(H2,15,16,17,18). The number of anilines is 2. The Morgan fingerprint density at radius 2 is 2.20 bits per heavy atom. The summed E-state index contributed by atoms with van der Waals surface area (Å²) in [6.45, 7) is 6.87. The highest BCUT2D eigenvalue weighted by Gasteiger charge is 2.18. The fourth-order valence-electron chi connectivity index (χ4n) is 1.54. The fourth-order valence-corrected chi connectivity index (χ4v) is 1.54. The Bertz CT molecular complexity index is 454. The first-order valence-electron chi connectivity index (χ1n) is 6.77. The second-order valence-electron chi connectivity index (χ2n) is 4.54. The summed E-state index contributed by atoms with van der Waals surface area (Å²) < 4.78 is 13.7. The van der Waals surface area contributed by atoms with E-state index in [0.717, 1.165) is 12.6 Å². The van der Waals surface area contributed by atoms with E-state index in [-0.39, 0.29) is 11.7 Å². The van der Waals surface area contributed by atoms with Gasteiger partial charge >= 0.3 is 0 Å². The lowest BCUT2D eigenvalue weighted by Crippen LogP contribution is -2.39. The molecule has 0 saturated heterocycles. The Balaban J connectivity index is 2.77. The third kappa shape index (κ3) is 4.32. The molecule has 0 aliphatic rings. The third-order valence-corrected chi connectivity index (χ3v) is 2.85. The van der Waals surface area contributed by atoms with Crippen LogP contribution in [0.3, 0.4) is 0 Å². The number of nitrogens with one attached hydrogen (secondary N) is 2. The molecule has 1 unspecified atom stereocenters. The molecule has 0 aliphatic carbocycles. The maximum atomic E-state index is 13.7. The predicted octanol–water partition coefficient (Wildman–Crippen LogP) is 1.72. The van der Waals surface area contributed by atoms with Crippen molar-refractivity contribution in [3.05, 3.63) is 12.0 Å². The minimum Gasteiger partial charge on any atom is -0.356 e. The molecule has 0 bridgehead atoms. The van der Waals surface area contributed by atoms with Crippen LogP contribution >= 0.6 is 0 Å². The van der Waals surface area contributed by atoms with Gasteiger partial charge in [-0.25, -0.2) is 9.37 Å². The van der Waals surface area contributed by atoms with Crippen LogP contribution in [0.5, 0.6) is 0 Å². The van der Waals surface area contributed by atoms with Crippen molar-refractivity contribution in [3.8, 4) is 0 Å². The molecule has 1 aromatic heterocycles. The van der Waals surface area contributed by atoms with Crippen LogP contribution in [0.4, 0.5) is 16.2 Å². The highest BCUT2D eigenvalue weighted by Crippen LogP contribution is 2.13. The summed E-state index contributed by atoms with van der Waals surface area (Å²) in [5, 5.41) is 5.76. The number of likely N-dealkylation sites (N-methyl/N-ethyl adjacent to an activating group) is 1. The van der Waals surface area contributed by atoms with Crippen LogP contribution in [0.15, 0.2) is 6.20 Å². The van der Waals surface area contributed by atoms with Crippen molar-refractivity contribution in [2.45, 2.75) is 33.2 Å². The topological polar surface area (TPSA) is 70.2 Å². The van der Waals surface area contributed by atoms with Crippen LogP contribution in [0.2, 0.25) is 0 Å². The Hall–Kier alpha value is -1.92. The number of halogens is 1. The molecule has 112 valence electrons. The molecule has 0 saturated carbocycles. The molecule has 2 N–H and O–H groups in total. The minimum absolute atomic E-state index is 0.0314. The van der Waals surface area contributed by atoms with Crippen molar-refractivity contribution >= 4 is 17.7 Å². The molecule has 0 spiro atoms. The first-order valence-corrected chi connectivity index (χ1v) is 6.77. The van der Waals surface area contributed by atoms with E-state index in [1.165, 1.54) is 0 Å². The van der Waals surface area contributed by atoms with E-state index in [2.05, 4.69) is 20.6 Å².